The lowest BCUT2D eigenvalue weighted by atomic mass is 10.1. The zero-order valence-corrected chi connectivity index (χ0v) is 9.95. The predicted molar refractivity (Wildman–Crippen MR) is 59.3 cm³/mol. The van der Waals surface area contributed by atoms with Crippen LogP contribution in [-0.2, 0) is 0 Å². The van der Waals surface area contributed by atoms with E-state index in [1.807, 2.05) is 0 Å². The first kappa shape index (κ1) is 13.8. The van der Waals surface area contributed by atoms with E-state index in [0.29, 0.717) is 12.5 Å². The number of nitrogens with one attached hydrogen (secondary N) is 1. The highest BCUT2D eigenvalue weighted by atomic mass is 19.4. The lowest BCUT2D eigenvalue weighted by Gasteiger charge is -2.13. The monoisotopic (exact) mass is 237 g/mol. The molecule has 0 saturated heterocycles. The van der Waals surface area contributed by atoms with Gasteiger partial charge in [0.1, 0.15) is 0 Å². The molecule has 0 aromatic carbocycles. The van der Waals surface area contributed by atoms with Crippen LogP contribution in [0, 0.1) is 5.92 Å². The maximum absolute atomic E-state index is 11.9. The van der Waals surface area contributed by atoms with E-state index in [4.69, 9.17) is 0 Å². The van der Waals surface area contributed by atoms with Crippen LogP contribution in [0.4, 0.5) is 13.2 Å². The molecule has 0 spiro atoms. The molecule has 0 radical (unpaired) electrons. The summed E-state index contributed by atoms with van der Waals surface area (Å²) >= 11 is 0. The first-order chi connectivity index (χ1) is 7.51. The van der Waals surface area contributed by atoms with E-state index in [1.165, 1.54) is 25.7 Å². The number of unbranched alkanes of at least 4 members (excludes halogenated alkanes) is 1. The van der Waals surface area contributed by atoms with Crippen molar-refractivity contribution in [1.82, 2.24) is 5.32 Å². The molecule has 2 atom stereocenters. The fraction of sp³-hybridized carbons (Fsp3) is 1.00. The lowest BCUT2D eigenvalue weighted by molar-refractivity contribution is -0.135. The SMILES string of the molecule is CCC1CCC(NCCCCC(F)(F)F)C1. The first-order valence-electron chi connectivity index (χ1n) is 6.31. The Labute approximate surface area is 95.8 Å². The quantitative estimate of drug-likeness (QED) is 0.691. The van der Waals surface area contributed by atoms with Gasteiger partial charge in [0.2, 0.25) is 0 Å². The van der Waals surface area contributed by atoms with Gasteiger partial charge in [0, 0.05) is 12.5 Å². The Bertz CT molecular complexity index is 191. The average molecular weight is 237 g/mol. The van der Waals surface area contributed by atoms with Crippen LogP contribution in [0.1, 0.15) is 51.9 Å². The van der Waals surface area contributed by atoms with Crippen molar-refractivity contribution in [2.45, 2.75) is 64.1 Å². The lowest BCUT2D eigenvalue weighted by Crippen LogP contribution is -2.27. The Morgan fingerprint density at radius 1 is 1.19 bits per heavy atom. The first-order valence-corrected chi connectivity index (χ1v) is 6.31. The number of rotatable bonds is 6. The van der Waals surface area contributed by atoms with E-state index in [2.05, 4.69) is 12.2 Å². The van der Waals surface area contributed by atoms with Crippen LogP contribution in [0.15, 0.2) is 0 Å². The van der Waals surface area contributed by atoms with E-state index in [0.717, 1.165) is 12.5 Å². The largest absolute Gasteiger partial charge is 0.389 e. The molecule has 1 fully saturated rings. The Morgan fingerprint density at radius 2 is 1.94 bits per heavy atom. The van der Waals surface area contributed by atoms with Gasteiger partial charge in [-0.2, -0.15) is 13.2 Å². The van der Waals surface area contributed by atoms with Crippen LogP contribution in [0.25, 0.3) is 0 Å². The predicted octanol–water partition coefficient (Wildman–Crippen LogP) is 3.89. The highest BCUT2D eigenvalue weighted by Gasteiger charge is 2.26. The van der Waals surface area contributed by atoms with Crippen molar-refractivity contribution >= 4 is 0 Å². The zero-order chi connectivity index (χ0) is 12.0. The summed E-state index contributed by atoms with van der Waals surface area (Å²) in [6.07, 6.45) is 1.15. The van der Waals surface area contributed by atoms with Crippen LogP contribution >= 0.6 is 0 Å². The van der Waals surface area contributed by atoms with Crippen LogP contribution in [0.2, 0.25) is 0 Å². The molecule has 0 amide bonds. The van der Waals surface area contributed by atoms with Gasteiger partial charge in [-0.1, -0.05) is 13.3 Å². The summed E-state index contributed by atoms with van der Waals surface area (Å²) in [6.45, 7) is 2.94. The van der Waals surface area contributed by atoms with Crippen molar-refractivity contribution in [2.24, 2.45) is 5.92 Å². The second-order valence-corrected chi connectivity index (χ2v) is 4.81. The van der Waals surface area contributed by atoms with Gasteiger partial charge in [-0.25, -0.2) is 0 Å². The van der Waals surface area contributed by atoms with Gasteiger partial charge in [-0.05, 0) is 44.6 Å². The number of halogens is 3. The van der Waals surface area contributed by atoms with Gasteiger partial charge < -0.3 is 5.32 Å². The fourth-order valence-corrected chi connectivity index (χ4v) is 2.39. The van der Waals surface area contributed by atoms with Crippen LogP contribution in [0.5, 0.6) is 0 Å². The third kappa shape index (κ3) is 5.73. The number of alkyl halides is 3. The molecular weight excluding hydrogens is 215 g/mol. The molecule has 16 heavy (non-hydrogen) atoms. The standard InChI is InChI=1S/C12H22F3N/c1-2-10-5-6-11(9-10)16-8-4-3-7-12(13,14)15/h10-11,16H,2-9H2,1H3. The molecule has 0 aliphatic heterocycles. The highest BCUT2D eigenvalue weighted by Crippen LogP contribution is 2.28. The highest BCUT2D eigenvalue weighted by molar-refractivity contribution is 4.79. The molecule has 0 aromatic heterocycles. The minimum Gasteiger partial charge on any atom is -0.314 e. The van der Waals surface area contributed by atoms with Gasteiger partial charge in [0.15, 0.2) is 0 Å². The molecule has 1 aliphatic rings. The average Bonchev–Trinajstić information content (AvgIpc) is 2.63. The smallest absolute Gasteiger partial charge is 0.314 e. The molecule has 96 valence electrons. The molecule has 1 aliphatic carbocycles. The number of hydrogen-bond acceptors (Lipinski definition) is 1. The summed E-state index contributed by atoms with van der Waals surface area (Å²) in [6, 6.07) is 0.552. The van der Waals surface area contributed by atoms with Gasteiger partial charge in [-0.3, -0.25) is 0 Å². The summed E-state index contributed by atoms with van der Waals surface area (Å²) in [7, 11) is 0. The second kappa shape index (κ2) is 6.48. The second-order valence-electron chi connectivity index (χ2n) is 4.81. The Morgan fingerprint density at radius 3 is 2.50 bits per heavy atom. The van der Waals surface area contributed by atoms with Crippen molar-refractivity contribution in [2.75, 3.05) is 6.54 Å². The third-order valence-corrected chi connectivity index (χ3v) is 3.44. The summed E-state index contributed by atoms with van der Waals surface area (Å²) in [5, 5.41) is 3.36. The van der Waals surface area contributed by atoms with Crippen LogP contribution < -0.4 is 5.32 Å². The minimum atomic E-state index is -3.99. The van der Waals surface area contributed by atoms with Crippen molar-refractivity contribution in [3.63, 3.8) is 0 Å². The Balaban J connectivity index is 1.96. The third-order valence-electron chi connectivity index (χ3n) is 3.44. The van der Waals surface area contributed by atoms with Crippen molar-refractivity contribution in [1.29, 1.82) is 0 Å². The van der Waals surface area contributed by atoms with E-state index in [1.54, 1.807) is 0 Å². The number of hydrogen-bond donors (Lipinski definition) is 1. The van der Waals surface area contributed by atoms with Gasteiger partial charge >= 0.3 is 6.18 Å². The molecule has 0 heterocycles. The molecule has 4 heteroatoms. The van der Waals surface area contributed by atoms with Crippen molar-refractivity contribution in [3.05, 3.63) is 0 Å². The van der Waals surface area contributed by atoms with Crippen LogP contribution in [-0.4, -0.2) is 18.8 Å². The van der Waals surface area contributed by atoms with Gasteiger partial charge in [-0.15, -0.1) is 0 Å². The van der Waals surface area contributed by atoms with E-state index in [9.17, 15) is 13.2 Å². The van der Waals surface area contributed by atoms with E-state index in [-0.39, 0.29) is 6.42 Å². The normalized spacial score (nSPS) is 26.2. The van der Waals surface area contributed by atoms with Crippen LogP contribution in [0.3, 0.4) is 0 Å². The van der Waals surface area contributed by atoms with E-state index >= 15 is 0 Å². The zero-order valence-electron chi connectivity index (χ0n) is 9.95. The molecular formula is C12H22F3N. The molecule has 2 unspecified atom stereocenters. The molecule has 1 rings (SSSR count). The Hall–Kier alpha value is -0.250. The summed E-state index contributed by atoms with van der Waals surface area (Å²) in [5.74, 6) is 0.827. The molecule has 1 N–H and O–H groups in total. The Kier molecular flexibility index (Phi) is 5.59. The maximum Gasteiger partial charge on any atom is 0.389 e. The minimum absolute atomic E-state index is 0.250. The summed E-state index contributed by atoms with van der Waals surface area (Å²) in [5.41, 5.74) is 0. The molecule has 0 bridgehead atoms. The maximum atomic E-state index is 11.9. The molecule has 0 aromatic rings. The van der Waals surface area contributed by atoms with Gasteiger partial charge in [0.25, 0.3) is 0 Å². The van der Waals surface area contributed by atoms with Crippen molar-refractivity contribution < 1.29 is 13.2 Å². The van der Waals surface area contributed by atoms with Crippen molar-refractivity contribution in [3.8, 4) is 0 Å². The fourth-order valence-electron chi connectivity index (χ4n) is 2.39. The molecule has 1 saturated carbocycles. The summed E-state index contributed by atoms with van der Waals surface area (Å²) < 4.78 is 35.6. The summed E-state index contributed by atoms with van der Waals surface area (Å²) in [4.78, 5) is 0. The molecule has 1 nitrogen and oxygen atoms in total. The van der Waals surface area contributed by atoms with Gasteiger partial charge in [0.05, 0.1) is 0 Å². The van der Waals surface area contributed by atoms with E-state index < -0.39 is 12.6 Å². The topological polar surface area (TPSA) is 12.0 Å².